The Kier molecular flexibility index (Phi) is 4.89. The fourth-order valence-corrected chi connectivity index (χ4v) is 3.65. The van der Waals surface area contributed by atoms with Crippen molar-refractivity contribution >= 4 is 10.0 Å². The molecule has 18 heavy (non-hydrogen) atoms. The van der Waals surface area contributed by atoms with E-state index in [1.807, 2.05) is 27.7 Å². The van der Waals surface area contributed by atoms with Crippen LogP contribution in [0.4, 0.5) is 0 Å². The zero-order chi connectivity index (χ0) is 13.9. The summed E-state index contributed by atoms with van der Waals surface area (Å²) in [4.78, 5) is 0. The first-order chi connectivity index (χ1) is 8.30. The molecule has 0 aliphatic heterocycles. The summed E-state index contributed by atoms with van der Waals surface area (Å²) in [6, 6.07) is -0.105. The standard InChI is InChI=1S/C11H22N4O2S/c1-8(2)7-15(9(3)4)18(16,17)11-10(5-12)6-13-14-11/h6,8-9H,5,7,12H2,1-4H3,(H,13,14). The summed E-state index contributed by atoms with van der Waals surface area (Å²) in [7, 11) is -3.56. The molecule has 104 valence electrons. The number of nitrogens with two attached hydrogens (primary N) is 1. The lowest BCUT2D eigenvalue weighted by Gasteiger charge is -2.27. The van der Waals surface area contributed by atoms with Crippen molar-refractivity contribution in [3.8, 4) is 0 Å². The first-order valence-electron chi connectivity index (χ1n) is 6.04. The number of hydrogen-bond acceptors (Lipinski definition) is 4. The van der Waals surface area contributed by atoms with Gasteiger partial charge in [0.25, 0.3) is 10.0 Å². The van der Waals surface area contributed by atoms with E-state index in [4.69, 9.17) is 5.73 Å². The second-order valence-corrected chi connectivity index (χ2v) is 6.82. The highest BCUT2D eigenvalue weighted by Crippen LogP contribution is 2.20. The number of nitrogens with zero attached hydrogens (tertiary/aromatic N) is 2. The van der Waals surface area contributed by atoms with Crippen molar-refractivity contribution in [2.24, 2.45) is 11.7 Å². The number of rotatable bonds is 6. The lowest BCUT2D eigenvalue weighted by Crippen LogP contribution is -2.40. The topological polar surface area (TPSA) is 92.1 Å². The van der Waals surface area contributed by atoms with Gasteiger partial charge in [-0.3, -0.25) is 5.10 Å². The molecular weight excluding hydrogens is 252 g/mol. The van der Waals surface area contributed by atoms with Gasteiger partial charge in [-0.2, -0.15) is 9.40 Å². The molecular formula is C11H22N4O2S. The van der Waals surface area contributed by atoms with E-state index in [-0.39, 0.29) is 23.5 Å². The van der Waals surface area contributed by atoms with Gasteiger partial charge in [-0.1, -0.05) is 13.8 Å². The molecule has 1 rings (SSSR count). The van der Waals surface area contributed by atoms with E-state index >= 15 is 0 Å². The molecule has 0 aliphatic rings. The summed E-state index contributed by atoms with van der Waals surface area (Å²) in [6.07, 6.45) is 1.46. The minimum atomic E-state index is -3.56. The number of aromatic amines is 1. The molecule has 7 heteroatoms. The van der Waals surface area contributed by atoms with E-state index in [0.717, 1.165) is 0 Å². The smallest absolute Gasteiger partial charge is 0.260 e. The Hall–Kier alpha value is -0.920. The number of aromatic nitrogens is 2. The van der Waals surface area contributed by atoms with Gasteiger partial charge < -0.3 is 5.73 Å². The third-order valence-electron chi connectivity index (χ3n) is 2.59. The SMILES string of the molecule is CC(C)CN(C(C)C)S(=O)(=O)c1[nH]ncc1CN. The first kappa shape index (κ1) is 15.1. The van der Waals surface area contributed by atoms with Gasteiger partial charge >= 0.3 is 0 Å². The van der Waals surface area contributed by atoms with Crippen molar-refractivity contribution in [3.63, 3.8) is 0 Å². The Bertz CT molecular complexity index is 479. The summed E-state index contributed by atoms with van der Waals surface area (Å²) in [5.74, 6) is 0.256. The van der Waals surface area contributed by atoms with Crippen LogP contribution >= 0.6 is 0 Å². The molecule has 1 heterocycles. The zero-order valence-corrected chi connectivity index (χ0v) is 12.2. The van der Waals surface area contributed by atoms with Crippen molar-refractivity contribution in [2.75, 3.05) is 6.54 Å². The molecule has 0 bridgehead atoms. The van der Waals surface area contributed by atoms with E-state index in [1.165, 1.54) is 10.5 Å². The molecule has 3 N–H and O–H groups in total. The van der Waals surface area contributed by atoms with Crippen LogP contribution < -0.4 is 5.73 Å². The molecule has 0 saturated carbocycles. The average Bonchev–Trinajstić information content (AvgIpc) is 2.73. The Balaban J connectivity index is 3.17. The fourth-order valence-electron chi connectivity index (χ4n) is 1.73. The Labute approximate surface area is 109 Å². The van der Waals surface area contributed by atoms with Gasteiger partial charge in [-0.25, -0.2) is 8.42 Å². The van der Waals surface area contributed by atoms with Crippen LogP contribution in [0.2, 0.25) is 0 Å². The van der Waals surface area contributed by atoms with Gasteiger partial charge in [-0.15, -0.1) is 0 Å². The fraction of sp³-hybridized carbons (Fsp3) is 0.727. The van der Waals surface area contributed by atoms with Crippen LogP contribution in [0.3, 0.4) is 0 Å². The summed E-state index contributed by atoms with van der Waals surface area (Å²) in [5, 5.41) is 6.43. The lowest BCUT2D eigenvalue weighted by atomic mass is 10.2. The van der Waals surface area contributed by atoms with E-state index in [1.54, 1.807) is 0 Å². The monoisotopic (exact) mass is 274 g/mol. The van der Waals surface area contributed by atoms with Crippen molar-refractivity contribution in [1.82, 2.24) is 14.5 Å². The van der Waals surface area contributed by atoms with Gasteiger partial charge in [0, 0.05) is 24.7 Å². The van der Waals surface area contributed by atoms with Crippen molar-refractivity contribution in [3.05, 3.63) is 11.8 Å². The molecule has 0 atom stereocenters. The van der Waals surface area contributed by atoms with Gasteiger partial charge in [0.15, 0.2) is 5.03 Å². The normalized spacial score (nSPS) is 12.9. The third-order valence-corrected chi connectivity index (χ3v) is 4.64. The number of hydrogen-bond donors (Lipinski definition) is 2. The minimum Gasteiger partial charge on any atom is -0.326 e. The number of sulfonamides is 1. The molecule has 1 aromatic rings. The highest BCUT2D eigenvalue weighted by Gasteiger charge is 2.30. The molecule has 0 aliphatic carbocycles. The molecule has 0 radical (unpaired) electrons. The molecule has 0 fully saturated rings. The van der Waals surface area contributed by atoms with Crippen molar-refractivity contribution in [1.29, 1.82) is 0 Å². The van der Waals surface area contributed by atoms with Gasteiger partial charge in [0.05, 0.1) is 6.20 Å². The zero-order valence-electron chi connectivity index (χ0n) is 11.3. The van der Waals surface area contributed by atoms with Crippen LogP contribution in [-0.4, -0.2) is 35.5 Å². The van der Waals surface area contributed by atoms with Crippen LogP contribution in [0.1, 0.15) is 33.3 Å². The minimum absolute atomic E-state index is 0.105. The predicted molar refractivity (Wildman–Crippen MR) is 70.3 cm³/mol. The maximum atomic E-state index is 12.5. The van der Waals surface area contributed by atoms with Gasteiger partial charge in [-0.05, 0) is 19.8 Å². The molecule has 0 aromatic carbocycles. The predicted octanol–water partition coefficient (Wildman–Crippen LogP) is 0.924. The highest BCUT2D eigenvalue weighted by molar-refractivity contribution is 7.89. The quantitative estimate of drug-likeness (QED) is 0.807. The first-order valence-corrected chi connectivity index (χ1v) is 7.48. The largest absolute Gasteiger partial charge is 0.326 e. The Morgan fingerprint density at radius 1 is 1.39 bits per heavy atom. The van der Waals surface area contributed by atoms with Gasteiger partial charge in [0.1, 0.15) is 0 Å². The summed E-state index contributed by atoms with van der Waals surface area (Å²) in [5.41, 5.74) is 6.04. The second-order valence-electron chi connectivity index (χ2n) is 4.99. The molecule has 0 saturated heterocycles. The molecule has 1 aromatic heterocycles. The van der Waals surface area contributed by atoms with E-state index in [0.29, 0.717) is 12.1 Å². The third kappa shape index (κ3) is 3.09. The average molecular weight is 274 g/mol. The van der Waals surface area contributed by atoms with E-state index in [2.05, 4.69) is 10.2 Å². The van der Waals surface area contributed by atoms with Crippen LogP contribution in [0, 0.1) is 5.92 Å². The lowest BCUT2D eigenvalue weighted by molar-refractivity contribution is 0.317. The molecule has 0 spiro atoms. The summed E-state index contributed by atoms with van der Waals surface area (Å²) in [6.45, 7) is 8.32. The van der Waals surface area contributed by atoms with Crippen molar-refractivity contribution in [2.45, 2.75) is 45.3 Å². The highest BCUT2D eigenvalue weighted by atomic mass is 32.2. The van der Waals surface area contributed by atoms with Gasteiger partial charge in [0.2, 0.25) is 0 Å². The van der Waals surface area contributed by atoms with E-state index < -0.39 is 10.0 Å². The maximum Gasteiger partial charge on any atom is 0.260 e. The van der Waals surface area contributed by atoms with Crippen LogP contribution in [0.5, 0.6) is 0 Å². The Morgan fingerprint density at radius 3 is 2.44 bits per heavy atom. The molecule has 6 nitrogen and oxygen atoms in total. The maximum absolute atomic E-state index is 12.5. The van der Waals surface area contributed by atoms with E-state index in [9.17, 15) is 8.42 Å². The Morgan fingerprint density at radius 2 is 2.00 bits per heavy atom. The van der Waals surface area contributed by atoms with Crippen molar-refractivity contribution < 1.29 is 8.42 Å². The summed E-state index contributed by atoms with van der Waals surface area (Å²) >= 11 is 0. The number of nitrogens with one attached hydrogen (secondary N) is 1. The van der Waals surface area contributed by atoms with Crippen LogP contribution in [0.25, 0.3) is 0 Å². The number of H-pyrrole nitrogens is 1. The van der Waals surface area contributed by atoms with Crippen LogP contribution in [0.15, 0.2) is 11.2 Å². The molecule has 0 amide bonds. The van der Waals surface area contributed by atoms with Crippen LogP contribution in [-0.2, 0) is 16.6 Å². The summed E-state index contributed by atoms with van der Waals surface area (Å²) < 4.78 is 26.6. The molecule has 0 unspecified atom stereocenters. The second kappa shape index (κ2) is 5.81.